The minimum absolute atomic E-state index is 0.183. The van der Waals surface area contributed by atoms with Crippen molar-refractivity contribution in [3.63, 3.8) is 0 Å². The maximum Gasteiger partial charge on any atom is 0.419 e. The SMILES string of the molecule is CCCCN(C(=O)c1ccccc1)c1nnc(-c2ccc(OCC=O)c(C(F)(F)F)c2)s1. The summed E-state index contributed by atoms with van der Waals surface area (Å²) in [5, 5.41) is 8.62. The fourth-order valence-corrected chi connectivity index (χ4v) is 3.78. The number of unbranched alkanes of at least 4 members (excludes halogenated alkanes) is 1. The molecule has 0 N–H and O–H groups in total. The Bertz CT molecular complexity index is 1070. The summed E-state index contributed by atoms with van der Waals surface area (Å²) in [6.07, 6.45) is -2.73. The standard InChI is InChI=1S/C22H20F3N3O3S/c1-2-3-11-28(20(30)15-7-5-4-6-8-15)21-27-26-19(32-21)16-9-10-18(31-13-12-29)17(14-16)22(23,24)25/h4-10,12,14H,2-3,11,13H2,1H3. The van der Waals surface area contributed by atoms with Gasteiger partial charge in [0, 0.05) is 17.7 Å². The first kappa shape index (κ1) is 23.4. The summed E-state index contributed by atoms with van der Waals surface area (Å²) >= 11 is 1.03. The summed E-state index contributed by atoms with van der Waals surface area (Å²) in [6, 6.07) is 12.2. The molecule has 0 unspecified atom stereocenters. The van der Waals surface area contributed by atoms with E-state index in [1.54, 1.807) is 30.3 Å². The van der Waals surface area contributed by atoms with E-state index in [0.717, 1.165) is 36.3 Å². The molecule has 0 atom stereocenters. The van der Waals surface area contributed by atoms with Gasteiger partial charge in [0.05, 0.1) is 5.56 Å². The van der Waals surface area contributed by atoms with Crippen LogP contribution in [0.1, 0.15) is 35.7 Å². The predicted octanol–water partition coefficient (Wildman–Crippen LogP) is 5.25. The lowest BCUT2D eigenvalue weighted by Crippen LogP contribution is -2.31. The Morgan fingerprint density at radius 2 is 1.91 bits per heavy atom. The van der Waals surface area contributed by atoms with Gasteiger partial charge in [0.1, 0.15) is 17.4 Å². The number of aromatic nitrogens is 2. The maximum absolute atomic E-state index is 13.5. The topological polar surface area (TPSA) is 72.4 Å². The molecule has 32 heavy (non-hydrogen) atoms. The van der Waals surface area contributed by atoms with Gasteiger partial charge in [-0.25, -0.2) is 0 Å². The van der Waals surface area contributed by atoms with Crippen LogP contribution in [-0.4, -0.2) is 35.5 Å². The highest BCUT2D eigenvalue weighted by atomic mass is 32.1. The highest BCUT2D eigenvalue weighted by Gasteiger charge is 2.35. The Morgan fingerprint density at radius 3 is 2.56 bits per heavy atom. The van der Waals surface area contributed by atoms with Gasteiger partial charge in [-0.05, 0) is 36.8 Å². The number of alkyl halides is 3. The Hall–Kier alpha value is -3.27. The van der Waals surface area contributed by atoms with Crippen LogP contribution in [-0.2, 0) is 11.0 Å². The highest BCUT2D eigenvalue weighted by Crippen LogP contribution is 2.40. The number of aldehydes is 1. The first-order valence-electron chi connectivity index (χ1n) is 9.83. The molecule has 3 aromatic rings. The largest absolute Gasteiger partial charge is 0.486 e. The second-order valence-corrected chi connectivity index (χ2v) is 7.71. The van der Waals surface area contributed by atoms with Gasteiger partial charge in [0.25, 0.3) is 5.91 Å². The van der Waals surface area contributed by atoms with E-state index in [1.165, 1.54) is 11.0 Å². The van der Waals surface area contributed by atoms with E-state index in [1.807, 2.05) is 6.92 Å². The Balaban J connectivity index is 1.94. The van der Waals surface area contributed by atoms with Gasteiger partial charge < -0.3 is 4.74 Å². The molecule has 2 aromatic carbocycles. The van der Waals surface area contributed by atoms with Crippen LogP contribution in [0, 0.1) is 0 Å². The molecule has 1 heterocycles. The van der Waals surface area contributed by atoms with Crippen LogP contribution >= 0.6 is 11.3 Å². The van der Waals surface area contributed by atoms with Crippen molar-refractivity contribution in [2.45, 2.75) is 25.9 Å². The van der Waals surface area contributed by atoms with Gasteiger partial charge >= 0.3 is 6.18 Å². The van der Waals surface area contributed by atoms with Crippen molar-refractivity contribution in [2.24, 2.45) is 0 Å². The van der Waals surface area contributed by atoms with Crippen LogP contribution in [0.15, 0.2) is 48.5 Å². The zero-order chi connectivity index (χ0) is 23.1. The second kappa shape index (κ2) is 10.4. The smallest absolute Gasteiger partial charge is 0.419 e. The van der Waals surface area contributed by atoms with E-state index < -0.39 is 24.1 Å². The molecule has 0 saturated heterocycles. The number of rotatable bonds is 9. The second-order valence-electron chi connectivity index (χ2n) is 6.75. The molecule has 0 radical (unpaired) electrons. The molecule has 0 saturated carbocycles. The molecule has 0 fully saturated rings. The van der Waals surface area contributed by atoms with Crippen molar-refractivity contribution < 1.29 is 27.5 Å². The molecule has 1 aromatic heterocycles. The number of hydrogen-bond acceptors (Lipinski definition) is 6. The van der Waals surface area contributed by atoms with Gasteiger partial charge in [-0.15, -0.1) is 10.2 Å². The highest BCUT2D eigenvalue weighted by molar-refractivity contribution is 7.18. The Morgan fingerprint density at radius 1 is 1.16 bits per heavy atom. The van der Waals surface area contributed by atoms with Crippen molar-refractivity contribution in [1.82, 2.24) is 10.2 Å². The van der Waals surface area contributed by atoms with Gasteiger partial charge in [-0.2, -0.15) is 13.2 Å². The number of benzene rings is 2. The summed E-state index contributed by atoms with van der Waals surface area (Å²) in [7, 11) is 0. The monoisotopic (exact) mass is 463 g/mol. The van der Waals surface area contributed by atoms with Crippen LogP contribution in [0.2, 0.25) is 0 Å². The summed E-state index contributed by atoms with van der Waals surface area (Å²) in [5.41, 5.74) is -0.352. The van der Waals surface area contributed by atoms with Gasteiger partial charge in [0.15, 0.2) is 6.29 Å². The average molecular weight is 463 g/mol. The molecule has 0 aliphatic rings. The van der Waals surface area contributed by atoms with Crippen LogP contribution < -0.4 is 9.64 Å². The predicted molar refractivity (Wildman–Crippen MR) is 115 cm³/mol. The number of halogens is 3. The number of hydrogen-bond donors (Lipinski definition) is 0. The molecule has 0 aliphatic carbocycles. The van der Waals surface area contributed by atoms with E-state index in [0.29, 0.717) is 23.5 Å². The molecule has 0 bridgehead atoms. The zero-order valence-electron chi connectivity index (χ0n) is 17.1. The lowest BCUT2D eigenvalue weighted by Gasteiger charge is -2.19. The Kier molecular flexibility index (Phi) is 7.57. The van der Waals surface area contributed by atoms with Gasteiger partial charge in [-0.1, -0.05) is 42.9 Å². The summed E-state index contributed by atoms with van der Waals surface area (Å²) in [5.74, 6) is -0.697. The number of ether oxygens (including phenoxy) is 1. The summed E-state index contributed by atoms with van der Waals surface area (Å²) in [4.78, 5) is 25.0. The normalized spacial score (nSPS) is 11.2. The molecule has 3 rings (SSSR count). The molecule has 168 valence electrons. The van der Waals surface area contributed by atoms with Crippen LogP contribution in [0.5, 0.6) is 5.75 Å². The Labute approximate surface area is 186 Å². The van der Waals surface area contributed by atoms with E-state index in [2.05, 4.69) is 10.2 Å². The third kappa shape index (κ3) is 5.50. The number of amides is 1. The third-order valence-electron chi connectivity index (χ3n) is 4.49. The lowest BCUT2D eigenvalue weighted by molar-refractivity contribution is -0.139. The number of nitrogens with zero attached hydrogens (tertiary/aromatic N) is 3. The molecule has 6 nitrogen and oxygen atoms in total. The van der Waals surface area contributed by atoms with Crippen molar-refractivity contribution in [2.75, 3.05) is 18.1 Å². The van der Waals surface area contributed by atoms with E-state index >= 15 is 0 Å². The van der Waals surface area contributed by atoms with Crippen molar-refractivity contribution in [3.05, 3.63) is 59.7 Å². The number of anilines is 1. The molecule has 0 aliphatic heterocycles. The van der Waals surface area contributed by atoms with E-state index in [-0.39, 0.29) is 16.5 Å². The maximum atomic E-state index is 13.5. The van der Waals surface area contributed by atoms with Crippen LogP contribution in [0.25, 0.3) is 10.6 Å². The molecule has 10 heteroatoms. The third-order valence-corrected chi connectivity index (χ3v) is 5.48. The van der Waals surface area contributed by atoms with Gasteiger partial charge in [-0.3, -0.25) is 14.5 Å². The number of carbonyl (C=O) groups is 2. The van der Waals surface area contributed by atoms with Gasteiger partial charge in [0.2, 0.25) is 5.13 Å². The van der Waals surface area contributed by atoms with Crippen molar-refractivity contribution in [1.29, 1.82) is 0 Å². The number of carbonyl (C=O) groups excluding carboxylic acids is 2. The lowest BCUT2D eigenvalue weighted by atomic mass is 10.1. The van der Waals surface area contributed by atoms with Crippen LogP contribution in [0.3, 0.4) is 0 Å². The van der Waals surface area contributed by atoms with E-state index in [9.17, 15) is 22.8 Å². The first-order valence-corrected chi connectivity index (χ1v) is 10.6. The molecule has 0 spiro atoms. The van der Waals surface area contributed by atoms with Crippen molar-refractivity contribution >= 4 is 28.7 Å². The van der Waals surface area contributed by atoms with Crippen molar-refractivity contribution in [3.8, 4) is 16.3 Å². The fraction of sp³-hybridized carbons (Fsp3) is 0.273. The summed E-state index contributed by atoms with van der Waals surface area (Å²) in [6.45, 7) is 1.91. The minimum Gasteiger partial charge on any atom is -0.486 e. The summed E-state index contributed by atoms with van der Waals surface area (Å²) < 4.78 is 45.3. The minimum atomic E-state index is -4.68. The molecular weight excluding hydrogens is 443 g/mol. The molecule has 1 amide bonds. The fourth-order valence-electron chi connectivity index (χ4n) is 2.91. The van der Waals surface area contributed by atoms with Crippen LogP contribution in [0.4, 0.5) is 18.3 Å². The average Bonchev–Trinajstić information content (AvgIpc) is 3.27. The zero-order valence-corrected chi connectivity index (χ0v) is 17.9. The first-order chi connectivity index (χ1) is 15.3. The molecular formula is C22H20F3N3O3S. The van der Waals surface area contributed by atoms with E-state index in [4.69, 9.17) is 4.74 Å². The quantitative estimate of drug-likeness (QED) is 0.406.